The highest BCUT2D eigenvalue weighted by atomic mass is 79.9. The van der Waals surface area contributed by atoms with Gasteiger partial charge in [0.25, 0.3) is 0 Å². The summed E-state index contributed by atoms with van der Waals surface area (Å²) < 4.78 is 18.1. The van der Waals surface area contributed by atoms with Crippen LogP contribution in [0.3, 0.4) is 0 Å². The average molecular weight is 239 g/mol. The highest BCUT2D eigenvalue weighted by molar-refractivity contribution is 9.10. The van der Waals surface area contributed by atoms with Gasteiger partial charge in [0.2, 0.25) is 0 Å². The number of benzene rings is 1. The van der Waals surface area contributed by atoms with Gasteiger partial charge in [-0.05, 0) is 12.1 Å². The van der Waals surface area contributed by atoms with E-state index in [1.807, 2.05) is 0 Å². The molecule has 0 aliphatic heterocycles. The van der Waals surface area contributed by atoms with Crippen molar-refractivity contribution in [2.45, 2.75) is 0 Å². The van der Waals surface area contributed by atoms with Crippen LogP contribution in [0.15, 0.2) is 22.7 Å². The number of alkyl halides is 1. The fourth-order valence-corrected chi connectivity index (χ4v) is 1.25. The average Bonchev–Trinajstić information content (AvgIpc) is 1.85. The zero-order chi connectivity index (χ0) is 8.27. The van der Waals surface area contributed by atoms with Gasteiger partial charge in [0.15, 0.2) is 6.07 Å². The monoisotopic (exact) mass is 238 g/mol. The van der Waals surface area contributed by atoms with E-state index in [2.05, 4.69) is 15.9 Å². The Morgan fingerprint density at radius 3 is 2.73 bits per heavy atom. The first-order chi connectivity index (χ1) is 5.22. The summed E-state index contributed by atoms with van der Waals surface area (Å²) in [6, 6.07) is 4.29. The van der Waals surface area contributed by atoms with Crippen LogP contribution in [-0.4, -0.2) is 6.07 Å². The van der Waals surface area contributed by atoms with Crippen LogP contribution in [0, 0.1) is 5.82 Å². The Balaban J connectivity index is 2.89. The molecule has 0 amide bonds. The topological polar surface area (TPSA) is 9.23 Å². The number of rotatable bonds is 2. The van der Waals surface area contributed by atoms with Crippen molar-refractivity contribution >= 4 is 27.5 Å². The quantitative estimate of drug-likeness (QED) is 0.720. The van der Waals surface area contributed by atoms with E-state index in [9.17, 15) is 4.39 Å². The van der Waals surface area contributed by atoms with Crippen LogP contribution in [-0.2, 0) is 0 Å². The van der Waals surface area contributed by atoms with Gasteiger partial charge in [0.1, 0.15) is 11.6 Å². The second kappa shape index (κ2) is 3.93. The summed E-state index contributed by atoms with van der Waals surface area (Å²) in [5, 5.41) is 0. The lowest BCUT2D eigenvalue weighted by atomic mass is 10.3. The molecule has 1 rings (SSSR count). The van der Waals surface area contributed by atoms with E-state index in [0.717, 1.165) is 0 Å². The molecule has 0 heterocycles. The van der Waals surface area contributed by atoms with Crippen molar-refractivity contribution in [3.63, 3.8) is 0 Å². The van der Waals surface area contributed by atoms with E-state index in [1.165, 1.54) is 12.1 Å². The van der Waals surface area contributed by atoms with E-state index in [-0.39, 0.29) is 11.9 Å². The maximum absolute atomic E-state index is 12.6. The zero-order valence-electron chi connectivity index (χ0n) is 5.48. The Labute approximate surface area is 77.2 Å². The zero-order valence-corrected chi connectivity index (χ0v) is 7.82. The third kappa shape index (κ3) is 2.67. The van der Waals surface area contributed by atoms with Crippen molar-refractivity contribution in [1.82, 2.24) is 0 Å². The van der Waals surface area contributed by atoms with Crippen molar-refractivity contribution in [1.29, 1.82) is 0 Å². The highest BCUT2D eigenvalue weighted by Crippen LogP contribution is 2.20. The Kier molecular flexibility index (Phi) is 3.15. The van der Waals surface area contributed by atoms with Crippen LogP contribution in [0.5, 0.6) is 5.75 Å². The first-order valence-electron chi connectivity index (χ1n) is 2.87. The summed E-state index contributed by atoms with van der Waals surface area (Å²) in [6.07, 6.45) is 0. The van der Waals surface area contributed by atoms with Crippen molar-refractivity contribution in [2.24, 2.45) is 0 Å². The summed E-state index contributed by atoms with van der Waals surface area (Å²) in [6.45, 7) is 0. The highest BCUT2D eigenvalue weighted by Gasteiger charge is 1.98. The van der Waals surface area contributed by atoms with E-state index in [1.54, 1.807) is 6.07 Å². The molecule has 0 aromatic heterocycles. The molecular formula is C7H5BrClFO. The summed E-state index contributed by atoms with van der Waals surface area (Å²) in [4.78, 5) is 0. The van der Waals surface area contributed by atoms with Crippen LogP contribution in [0.2, 0.25) is 0 Å². The van der Waals surface area contributed by atoms with E-state index < -0.39 is 0 Å². The first kappa shape index (κ1) is 8.81. The fourth-order valence-electron chi connectivity index (χ4n) is 0.675. The molecule has 1 aromatic rings. The van der Waals surface area contributed by atoms with Gasteiger partial charge in [-0.3, -0.25) is 0 Å². The minimum atomic E-state index is -0.348. The van der Waals surface area contributed by atoms with Gasteiger partial charge in [0.05, 0.1) is 0 Å². The lowest BCUT2D eigenvalue weighted by Gasteiger charge is -2.01. The van der Waals surface area contributed by atoms with Gasteiger partial charge >= 0.3 is 0 Å². The molecule has 0 unspecified atom stereocenters. The van der Waals surface area contributed by atoms with Crippen LogP contribution in [0.4, 0.5) is 4.39 Å². The molecule has 4 heteroatoms. The molecular weight excluding hydrogens is 234 g/mol. The third-order valence-corrected chi connectivity index (χ3v) is 1.62. The maximum atomic E-state index is 12.6. The SMILES string of the molecule is Fc1cc(Br)cc(OCCl)c1. The van der Waals surface area contributed by atoms with Crippen LogP contribution in [0.1, 0.15) is 0 Å². The molecule has 0 saturated carbocycles. The molecule has 0 spiro atoms. The minimum absolute atomic E-state index is 0.0237. The first-order valence-corrected chi connectivity index (χ1v) is 4.20. The number of ether oxygens (including phenoxy) is 1. The second-order valence-electron chi connectivity index (χ2n) is 1.86. The lowest BCUT2D eigenvalue weighted by Crippen LogP contribution is -1.89. The lowest BCUT2D eigenvalue weighted by molar-refractivity contribution is 0.385. The molecule has 0 N–H and O–H groups in total. The van der Waals surface area contributed by atoms with Gasteiger partial charge in [-0.2, -0.15) is 0 Å². The molecule has 0 saturated heterocycles. The maximum Gasteiger partial charge on any atom is 0.162 e. The molecule has 60 valence electrons. The molecule has 1 aromatic carbocycles. The van der Waals surface area contributed by atoms with Gasteiger partial charge < -0.3 is 4.74 Å². The third-order valence-electron chi connectivity index (χ3n) is 1.06. The normalized spacial score (nSPS) is 9.73. The van der Waals surface area contributed by atoms with Gasteiger partial charge in [-0.15, -0.1) is 0 Å². The number of hydrogen-bond acceptors (Lipinski definition) is 1. The molecule has 11 heavy (non-hydrogen) atoms. The molecule has 0 aliphatic carbocycles. The van der Waals surface area contributed by atoms with Gasteiger partial charge in [-0.1, -0.05) is 27.5 Å². The number of halogens is 3. The van der Waals surface area contributed by atoms with Crippen molar-refractivity contribution in [2.75, 3.05) is 6.07 Å². The van der Waals surface area contributed by atoms with Crippen molar-refractivity contribution in [3.8, 4) is 5.75 Å². The summed E-state index contributed by atoms with van der Waals surface area (Å²) >= 11 is 8.40. The molecule has 0 atom stereocenters. The summed E-state index contributed by atoms with van der Waals surface area (Å²) in [5.74, 6) is 0.0753. The molecule has 0 aliphatic rings. The minimum Gasteiger partial charge on any atom is -0.478 e. The largest absolute Gasteiger partial charge is 0.478 e. The van der Waals surface area contributed by atoms with Crippen molar-refractivity contribution < 1.29 is 9.13 Å². The standard InChI is InChI=1S/C7H5BrClFO/c8-5-1-6(10)3-7(2-5)11-4-9/h1-3H,4H2. The molecule has 1 nitrogen and oxygen atoms in total. The predicted molar refractivity (Wildman–Crippen MR) is 45.4 cm³/mol. The Bertz CT molecular complexity index is 234. The molecule has 0 radical (unpaired) electrons. The van der Waals surface area contributed by atoms with Crippen LogP contribution in [0.25, 0.3) is 0 Å². The molecule has 0 bridgehead atoms. The van der Waals surface area contributed by atoms with E-state index in [0.29, 0.717) is 10.2 Å². The van der Waals surface area contributed by atoms with E-state index >= 15 is 0 Å². The summed E-state index contributed by atoms with van der Waals surface area (Å²) in [7, 11) is 0. The van der Waals surface area contributed by atoms with Crippen molar-refractivity contribution in [3.05, 3.63) is 28.5 Å². The van der Waals surface area contributed by atoms with E-state index in [4.69, 9.17) is 16.3 Å². The second-order valence-corrected chi connectivity index (χ2v) is 2.99. The summed E-state index contributed by atoms with van der Waals surface area (Å²) in [5.41, 5.74) is 0. The van der Waals surface area contributed by atoms with Gasteiger partial charge in [0, 0.05) is 10.5 Å². The Hall–Kier alpha value is -0.280. The molecule has 0 fully saturated rings. The smallest absolute Gasteiger partial charge is 0.162 e. The van der Waals surface area contributed by atoms with Gasteiger partial charge in [-0.25, -0.2) is 4.39 Å². The Morgan fingerprint density at radius 2 is 2.18 bits per heavy atom. The fraction of sp³-hybridized carbons (Fsp3) is 0.143. The predicted octanol–water partition coefficient (Wildman–Crippen LogP) is 3.16. The Morgan fingerprint density at radius 1 is 1.45 bits per heavy atom. The number of hydrogen-bond donors (Lipinski definition) is 0. The van der Waals surface area contributed by atoms with Crippen LogP contribution >= 0.6 is 27.5 Å². The van der Waals surface area contributed by atoms with Crippen LogP contribution < -0.4 is 4.74 Å².